The largest absolute Gasteiger partial charge is 0.390 e. The number of nitrogens with one attached hydrogen (secondary N) is 1. The van der Waals surface area contributed by atoms with Gasteiger partial charge in [-0.1, -0.05) is 0 Å². The lowest BCUT2D eigenvalue weighted by Crippen LogP contribution is -2.59. The molecule has 2 heterocycles. The molecule has 0 aromatic carbocycles. The quantitative estimate of drug-likeness (QED) is 0.682. The number of hydrogen-bond donors (Lipinski definition) is 2. The van der Waals surface area contributed by atoms with Crippen molar-refractivity contribution in [2.24, 2.45) is 0 Å². The summed E-state index contributed by atoms with van der Waals surface area (Å²) in [6.07, 6.45) is 1.75. The van der Waals surface area contributed by atoms with Crippen LogP contribution in [0.2, 0.25) is 0 Å². The number of aliphatic hydroxyl groups excluding tert-OH is 1. The van der Waals surface area contributed by atoms with Crippen molar-refractivity contribution in [1.82, 2.24) is 10.2 Å². The van der Waals surface area contributed by atoms with Gasteiger partial charge < -0.3 is 20.1 Å². The number of hydrogen-bond acceptors (Lipinski definition) is 4. The van der Waals surface area contributed by atoms with Crippen molar-refractivity contribution in [3.8, 4) is 0 Å². The molecule has 2 aliphatic heterocycles. The van der Waals surface area contributed by atoms with Crippen LogP contribution in [0.1, 0.15) is 26.2 Å². The monoisotopic (exact) mass is 256 g/mol. The van der Waals surface area contributed by atoms with Crippen LogP contribution < -0.4 is 5.32 Å². The molecule has 0 aromatic heterocycles. The lowest BCUT2D eigenvalue weighted by molar-refractivity contribution is -0.154. The van der Waals surface area contributed by atoms with Crippen LogP contribution >= 0.6 is 0 Å². The van der Waals surface area contributed by atoms with E-state index >= 15 is 0 Å². The van der Waals surface area contributed by atoms with E-state index in [2.05, 4.69) is 5.32 Å². The van der Waals surface area contributed by atoms with Crippen molar-refractivity contribution < 1.29 is 19.4 Å². The van der Waals surface area contributed by atoms with E-state index in [4.69, 9.17) is 4.74 Å². The molecule has 0 bridgehead atoms. The number of piperidine rings is 1. The summed E-state index contributed by atoms with van der Waals surface area (Å²) in [5.74, 6) is -0.334. The first kappa shape index (κ1) is 13.3. The number of nitrogens with zero attached hydrogens (tertiary/aromatic N) is 1. The number of rotatable bonds is 2. The summed E-state index contributed by atoms with van der Waals surface area (Å²) in [7, 11) is 0. The van der Waals surface area contributed by atoms with Gasteiger partial charge in [-0.3, -0.25) is 9.59 Å². The number of ether oxygens (including phenoxy) is 1. The fraction of sp³-hybridized carbons (Fsp3) is 0.833. The smallest absolute Gasteiger partial charge is 0.242 e. The summed E-state index contributed by atoms with van der Waals surface area (Å²) >= 11 is 0. The van der Waals surface area contributed by atoms with Gasteiger partial charge in [0.2, 0.25) is 11.8 Å². The summed E-state index contributed by atoms with van der Waals surface area (Å²) in [6.45, 7) is 2.98. The van der Waals surface area contributed by atoms with Crippen molar-refractivity contribution in [1.29, 1.82) is 0 Å². The molecule has 2 N–H and O–H groups in total. The Hall–Kier alpha value is -1.14. The Morgan fingerprint density at radius 1 is 1.56 bits per heavy atom. The predicted octanol–water partition coefficient (Wildman–Crippen LogP) is -0.735. The third kappa shape index (κ3) is 2.64. The van der Waals surface area contributed by atoms with Crippen LogP contribution in [0.3, 0.4) is 0 Å². The van der Waals surface area contributed by atoms with Gasteiger partial charge in [0.25, 0.3) is 0 Å². The second kappa shape index (κ2) is 5.24. The fourth-order valence-corrected chi connectivity index (χ4v) is 2.68. The molecule has 6 nitrogen and oxygen atoms in total. The lowest BCUT2D eigenvalue weighted by Gasteiger charge is -2.43. The third-order valence-electron chi connectivity index (χ3n) is 3.71. The highest BCUT2D eigenvalue weighted by molar-refractivity contribution is 5.83. The van der Waals surface area contributed by atoms with Crippen LogP contribution in [0, 0.1) is 0 Å². The number of amides is 2. The molecule has 0 unspecified atom stereocenters. The topological polar surface area (TPSA) is 78.9 Å². The summed E-state index contributed by atoms with van der Waals surface area (Å²) in [5, 5.41) is 12.5. The zero-order chi connectivity index (χ0) is 13.2. The van der Waals surface area contributed by atoms with Crippen molar-refractivity contribution in [3.05, 3.63) is 0 Å². The van der Waals surface area contributed by atoms with Gasteiger partial charge in [-0.05, 0) is 19.3 Å². The first-order valence-electron chi connectivity index (χ1n) is 6.38. The lowest BCUT2D eigenvalue weighted by atomic mass is 9.87. The predicted molar refractivity (Wildman–Crippen MR) is 63.8 cm³/mol. The molecule has 0 aliphatic carbocycles. The molecule has 0 aromatic rings. The Bertz CT molecular complexity index is 339. The number of likely N-dealkylation sites (tertiary alicyclic amines) is 1. The molecule has 102 valence electrons. The van der Waals surface area contributed by atoms with Crippen LogP contribution in [0.15, 0.2) is 0 Å². The maximum absolute atomic E-state index is 11.9. The molecule has 0 radical (unpaired) electrons. The van der Waals surface area contributed by atoms with Crippen LogP contribution in [-0.2, 0) is 14.3 Å². The van der Waals surface area contributed by atoms with Gasteiger partial charge in [-0.2, -0.15) is 0 Å². The second-order valence-corrected chi connectivity index (χ2v) is 5.05. The van der Waals surface area contributed by atoms with Gasteiger partial charge in [0.1, 0.15) is 5.60 Å². The molecule has 2 aliphatic rings. The molecule has 6 heteroatoms. The zero-order valence-corrected chi connectivity index (χ0v) is 10.6. The van der Waals surface area contributed by atoms with E-state index in [0.29, 0.717) is 26.1 Å². The van der Waals surface area contributed by atoms with E-state index in [9.17, 15) is 14.7 Å². The number of carbonyl (C=O) groups is 2. The summed E-state index contributed by atoms with van der Waals surface area (Å²) in [4.78, 5) is 24.4. The molecule has 2 atom stereocenters. The fourth-order valence-electron chi connectivity index (χ4n) is 2.68. The van der Waals surface area contributed by atoms with E-state index in [1.807, 2.05) is 0 Å². The van der Waals surface area contributed by atoms with E-state index in [0.717, 1.165) is 12.8 Å². The molecule has 1 spiro atoms. The Morgan fingerprint density at radius 2 is 2.33 bits per heavy atom. The van der Waals surface area contributed by atoms with Crippen LogP contribution in [0.25, 0.3) is 0 Å². The van der Waals surface area contributed by atoms with Crippen LogP contribution in [0.5, 0.6) is 0 Å². The minimum atomic E-state index is -0.579. The third-order valence-corrected chi connectivity index (χ3v) is 3.71. The summed E-state index contributed by atoms with van der Waals surface area (Å²) in [6, 6.07) is 0. The Morgan fingerprint density at radius 3 is 2.94 bits per heavy atom. The average molecular weight is 256 g/mol. The molecule has 18 heavy (non-hydrogen) atoms. The molecule has 0 saturated carbocycles. The van der Waals surface area contributed by atoms with Gasteiger partial charge in [-0.25, -0.2) is 0 Å². The standard InChI is InChI=1S/C12H20N2O4/c1-9(15)13-7-11(17)14-5-3-10(16)12(8-14)4-2-6-18-12/h10,16H,2-8H2,1H3,(H,13,15)/t10-,12-/m0/s1. The van der Waals surface area contributed by atoms with Crippen molar-refractivity contribution in [2.75, 3.05) is 26.2 Å². The first-order valence-corrected chi connectivity index (χ1v) is 6.38. The summed E-state index contributed by atoms with van der Waals surface area (Å²) in [5.41, 5.74) is -0.579. The minimum Gasteiger partial charge on any atom is -0.390 e. The van der Waals surface area contributed by atoms with E-state index in [-0.39, 0.29) is 18.4 Å². The Balaban J connectivity index is 1.94. The van der Waals surface area contributed by atoms with Crippen molar-refractivity contribution >= 4 is 11.8 Å². The van der Waals surface area contributed by atoms with Gasteiger partial charge in [0.15, 0.2) is 0 Å². The van der Waals surface area contributed by atoms with E-state index in [1.54, 1.807) is 4.90 Å². The van der Waals surface area contributed by atoms with Gasteiger partial charge in [0, 0.05) is 20.1 Å². The number of carbonyl (C=O) groups excluding carboxylic acids is 2. The molecular formula is C12H20N2O4. The first-order chi connectivity index (χ1) is 8.53. The SMILES string of the molecule is CC(=O)NCC(=O)N1CC[C@H](O)[C@]2(CCCO2)C1. The maximum Gasteiger partial charge on any atom is 0.242 e. The van der Waals surface area contributed by atoms with E-state index < -0.39 is 11.7 Å². The molecule has 2 fully saturated rings. The molecule has 2 rings (SSSR count). The van der Waals surface area contributed by atoms with Gasteiger partial charge >= 0.3 is 0 Å². The molecular weight excluding hydrogens is 236 g/mol. The average Bonchev–Trinajstić information content (AvgIpc) is 2.79. The Labute approximate surface area is 106 Å². The van der Waals surface area contributed by atoms with Gasteiger partial charge in [-0.15, -0.1) is 0 Å². The molecule has 2 amide bonds. The normalized spacial score (nSPS) is 31.7. The number of aliphatic hydroxyl groups is 1. The molecule has 2 saturated heterocycles. The highest BCUT2D eigenvalue weighted by Gasteiger charge is 2.47. The van der Waals surface area contributed by atoms with Gasteiger partial charge in [0.05, 0.1) is 19.2 Å². The van der Waals surface area contributed by atoms with Crippen LogP contribution in [-0.4, -0.2) is 59.8 Å². The van der Waals surface area contributed by atoms with E-state index in [1.165, 1.54) is 6.92 Å². The minimum absolute atomic E-state index is 0.0154. The Kier molecular flexibility index (Phi) is 3.87. The second-order valence-electron chi connectivity index (χ2n) is 5.05. The van der Waals surface area contributed by atoms with Crippen molar-refractivity contribution in [3.63, 3.8) is 0 Å². The summed E-state index contributed by atoms with van der Waals surface area (Å²) < 4.78 is 5.67. The van der Waals surface area contributed by atoms with Crippen LogP contribution in [0.4, 0.5) is 0 Å². The zero-order valence-electron chi connectivity index (χ0n) is 10.6. The highest BCUT2D eigenvalue weighted by atomic mass is 16.5. The maximum atomic E-state index is 11.9. The van der Waals surface area contributed by atoms with Crippen molar-refractivity contribution in [2.45, 2.75) is 37.9 Å². The highest BCUT2D eigenvalue weighted by Crippen LogP contribution is 2.34.